The Morgan fingerprint density at radius 3 is 2.36 bits per heavy atom. The standard InChI is InChI=1S/C19H26N2O2S2/c1-2-18-10-11-19(24-18)25(22,23)21-15-13-20(14-16-21)12-6-9-17-7-4-3-5-8-17/h3-5,7-8,10-11H,2,6,9,12-16H2,1H3. The smallest absolute Gasteiger partial charge is 0.252 e. The molecule has 0 radical (unpaired) electrons. The molecule has 0 amide bonds. The second-order valence-electron chi connectivity index (χ2n) is 6.41. The summed E-state index contributed by atoms with van der Waals surface area (Å²) in [7, 11) is -3.31. The van der Waals surface area contributed by atoms with Crippen molar-refractivity contribution in [3.63, 3.8) is 0 Å². The second-order valence-corrected chi connectivity index (χ2v) is 9.74. The van der Waals surface area contributed by atoms with Gasteiger partial charge in [0.15, 0.2) is 0 Å². The third-order valence-electron chi connectivity index (χ3n) is 4.69. The summed E-state index contributed by atoms with van der Waals surface area (Å²) < 4.78 is 27.6. The Balaban J connectivity index is 1.48. The van der Waals surface area contributed by atoms with Crippen LogP contribution in [0.15, 0.2) is 46.7 Å². The number of thiophene rings is 1. The minimum atomic E-state index is -3.31. The lowest BCUT2D eigenvalue weighted by molar-refractivity contribution is 0.187. The molecule has 1 aromatic heterocycles. The highest BCUT2D eigenvalue weighted by molar-refractivity contribution is 7.91. The van der Waals surface area contributed by atoms with Crippen LogP contribution in [-0.2, 0) is 22.9 Å². The molecular formula is C19H26N2O2S2. The van der Waals surface area contributed by atoms with Crippen molar-refractivity contribution < 1.29 is 8.42 Å². The van der Waals surface area contributed by atoms with Crippen LogP contribution in [0.2, 0.25) is 0 Å². The van der Waals surface area contributed by atoms with E-state index in [-0.39, 0.29) is 0 Å². The van der Waals surface area contributed by atoms with Gasteiger partial charge in [-0.2, -0.15) is 4.31 Å². The molecule has 0 aliphatic carbocycles. The van der Waals surface area contributed by atoms with Crippen LogP contribution >= 0.6 is 11.3 Å². The molecule has 0 unspecified atom stereocenters. The summed E-state index contributed by atoms with van der Waals surface area (Å²) in [6.07, 6.45) is 3.07. The molecule has 1 aliphatic heterocycles. The van der Waals surface area contributed by atoms with E-state index < -0.39 is 10.0 Å². The van der Waals surface area contributed by atoms with E-state index in [0.29, 0.717) is 17.3 Å². The predicted octanol–water partition coefficient (Wildman–Crippen LogP) is 3.25. The largest absolute Gasteiger partial charge is 0.301 e. The Morgan fingerprint density at radius 2 is 1.72 bits per heavy atom. The molecule has 4 nitrogen and oxygen atoms in total. The van der Waals surface area contributed by atoms with Gasteiger partial charge in [-0.15, -0.1) is 11.3 Å². The molecule has 1 aromatic carbocycles. The van der Waals surface area contributed by atoms with Crippen molar-refractivity contribution in [2.45, 2.75) is 30.4 Å². The summed E-state index contributed by atoms with van der Waals surface area (Å²) >= 11 is 1.40. The molecule has 136 valence electrons. The number of benzene rings is 1. The summed E-state index contributed by atoms with van der Waals surface area (Å²) in [5, 5.41) is 0. The number of aryl methyl sites for hydroxylation is 2. The summed E-state index contributed by atoms with van der Waals surface area (Å²) in [4.78, 5) is 3.50. The maximum atomic E-state index is 12.7. The average molecular weight is 379 g/mol. The number of piperazine rings is 1. The molecule has 0 N–H and O–H groups in total. The van der Waals surface area contributed by atoms with Crippen molar-refractivity contribution >= 4 is 21.4 Å². The fourth-order valence-electron chi connectivity index (χ4n) is 3.16. The predicted molar refractivity (Wildman–Crippen MR) is 104 cm³/mol. The lowest BCUT2D eigenvalue weighted by Crippen LogP contribution is -2.48. The molecular weight excluding hydrogens is 352 g/mol. The van der Waals surface area contributed by atoms with Gasteiger partial charge in [-0.3, -0.25) is 0 Å². The lowest BCUT2D eigenvalue weighted by Gasteiger charge is -2.33. The number of sulfonamides is 1. The first kappa shape index (κ1) is 18.6. The van der Waals surface area contributed by atoms with Gasteiger partial charge < -0.3 is 4.90 Å². The molecule has 1 fully saturated rings. The molecule has 3 rings (SSSR count). The maximum Gasteiger partial charge on any atom is 0.252 e. The van der Waals surface area contributed by atoms with E-state index in [9.17, 15) is 8.42 Å². The van der Waals surface area contributed by atoms with E-state index in [1.807, 2.05) is 12.1 Å². The van der Waals surface area contributed by atoms with Gasteiger partial charge in [0, 0.05) is 31.1 Å². The summed E-state index contributed by atoms with van der Waals surface area (Å²) in [5.41, 5.74) is 1.37. The van der Waals surface area contributed by atoms with E-state index in [1.165, 1.54) is 16.9 Å². The highest BCUT2D eigenvalue weighted by Crippen LogP contribution is 2.26. The number of hydrogen-bond acceptors (Lipinski definition) is 4. The van der Waals surface area contributed by atoms with Crippen molar-refractivity contribution in [3.8, 4) is 0 Å². The third kappa shape index (κ3) is 4.70. The van der Waals surface area contributed by atoms with Crippen molar-refractivity contribution in [1.29, 1.82) is 0 Å². The second kappa shape index (κ2) is 8.45. The monoisotopic (exact) mass is 378 g/mol. The van der Waals surface area contributed by atoms with E-state index in [0.717, 1.165) is 43.8 Å². The zero-order valence-corrected chi connectivity index (χ0v) is 16.4. The molecule has 2 aromatic rings. The third-order valence-corrected chi connectivity index (χ3v) is 8.29. The van der Waals surface area contributed by atoms with Gasteiger partial charge >= 0.3 is 0 Å². The minimum absolute atomic E-state index is 0.488. The van der Waals surface area contributed by atoms with Gasteiger partial charge in [0.25, 0.3) is 10.0 Å². The van der Waals surface area contributed by atoms with Gasteiger partial charge in [0.2, 0.25) is 0 Å². The summed E-state index contributed by atoms with van der Waals surface area (Å²) in [5.74, 6) is 0. The van der Waals surface area contributed by atoms with Crippen molar-refractivity contribution in [3.05, 3.63) is 52.9 Å². The molecule has 2 heterocycles. The number of hydrogen-bond donors (Lipinski definition) is 0. The van der Waals surface area contributed by atoms with Gasteiger partial charge in [0.05, 0.1) is 0 Å². The quantitative estimate of drug-likeness (QED) is 0.743. The first-order valence-corrected chi connectivity index (χ1v) is 11.2. The van der Waals surface area contributed by atoms with Crippen molar-refractivity contribution in [2.24, 2.45) is 0 Å². The lowest BCUT2D eigenvalue weighted by atomic mass is 10.1. The Labute approximate surface area is 155 Å². The van der Waals surface area contributed by atoms with Crippen LogP contribution in [0.3, 0.4) is 0 Å². The topological polar surface area (TPSA) is 40.6 Å². The van der Waals surface area contributed by atoms with Crippen LogP contribution in [0.4, 0.5) is 0 Å². The summed E-state index contributed by atoms with van der Waals surface area (Å²) in [6.45, 7) is 5.90. The van der Waals surface area contributed by atoms with Crippen LogP contribution in [0, 0.1) is 0 Å². The average Bonchev–Trinajstić information content (AvgIpc) is 3.13. The van der Waals surface area contributed by atoms with Crippen molar-refractivity contribution in [1.82, 2.24) is 9.21 Å². The molecule has 0 atom stereocenters. The fourth-order valence-corrected chi connectivity index (χ4v) is 6.03. The molecule has 6 heteroatoms. The van der Waals surface area contributed by atoms with Gasteiger partial charge in [0.1, 0.15) is 4.21 Å². The van der Waals surface area contributed by atoms with Gasteiger partial charge in [-0.25, -0.2) is 8.42 Å². The molecule has 0 spiro atoms. The minimum Gasteiger partial charge on any atom is -0.301 e. The van der Waals surface area contributed by atoms with E-state index in [2.05, 4.69) is 36.1 Å². The van der Waals surface area contributed by atoms with Crippen LogP contribution in [0.5, 0.6) is 0 Å². The van der Waals surface area contributed by atoms with Crippen molar-refractivity contribution in [2.75, 3.05) is 32.7 Å². The Bertz CT molecular complexity index is 764. The fraction of sp³-hybridized carbons (Fsp3) is 0.474. The maximum absolute atomic E-state index is 12.7. The first-order valence-electron chi connectivity index (χ1n) is 8.94. The van der Waals surface area contributed by atoms with Gasteiger partial charge in [-0.05, 0) is 43.5 Å². The Hall–Kier alpha value is -1.21. The number of nitrogens with zero attached hydrogens (tertiary/aromatic N) is 2. The zero-order chi connectivity index (χ0) is 17.7. The molecule has 1 aliphatic rings. The Kier molecular flexibility index (Phi) is 6.28. The number of rotatable bonds is 7. The highest BCUT2D eigenvalue weighted by atomic mass is 32.2. The van der Waals surface area contributed by atoms with E-state index >= 15 is 0 Å². The van der Waals surface area contributed by atoms with Gasteiger partial charge in [-0.1, -0.05) is 37.3 Å². The SMILES string of the molecule is CCc1ccc(S(=O)(=O)N2CCN(CCCc3ccccc3)CC2)s1. The molecule has 1 saturated heterocycles. The first-order chi connectivity index (χ1) is 12.1. The van der Waals surface area contributed by atoms with Crippen LogP contribution in [0.25, 0.3) is 0 Å². The highest BCUT2D eigenvalue weighted by Gasteiger charge is 2.29. The van der Waals surface area contributed by atoms with E-state index in [1.54, 1.807) is 10.4 Å². The normalized spacial score (nSPS) is 17.0. The summed E-state index contributed by atoms with van der Waals surface area (Å²) in [6, 6.07) is 14.2. The molecule has 0 bridgehead atoms. The zero-order valence-electron chi connectivity index (χ0n) is 14.7. The van der Waals surface area contributed by atoms with Crippen LogP contribution in [0.1, 0.15) is 23.8 Å². The molecule has 0 saturated carbocycles. The van der Waals surface area contributed by atoms with Crippen LogP contribution < -0.4 is 0 Å². The van der Waals surface area contributed by atoms with Crippen LogP contribution in [-0.4, -0.2) is 50.3 Å². The van der Waals surface area contributed by atoms with E-state index in [4.69, 9.17) is 0 Å². The molecule has 25 heavy (non-hydrogen) atoms. The Morgan fingerprint density at radius 1 is 1.00 bits per heavy atom.